The Morgan fingerprint density at radius 1 is 1.57 bits per heavy atom. The zero-order valence-corrected chi connectivity index (χ0v) is 9.58. The number of nitrogens with zero attached hydrogens (tertiary/aromatic N) is 2. The summed E-state index contributed by atoms with van der Waals surface area (Å²) >= 11 is 3.43. The topological polar surface area (TPSA) is 27.0 Å². The highest BCUT2D eigenvalue weighted by Gasteiger charge is 2.25. The van der Waals surface area contributed by atoms with Gasteiger partial charge in [0.15, 0.2) is 0 Å². The van der Waals surface area contributed by atoms with Gasteiger partial charge in [-0.2, -0.15) is 5.26 Å². The number of anilines is 1. The maximum atomic E-state index is 8.97. The Morgan fingerprint density at radius 2 is 2.36 bits per heavy atom. The van der Waals surface area contributed by atoms with Crippen molar-refractivity contribution in [2.24, 2.45) is 0 Å². The molecule has 1 saturated heterocycles. The molecule has 0 spiro atoms. The Hall–Kier alpha value is -1.01. The summed E-state index contributed by atoms with van der Waals surface area (Å²) in [5, 5.41) is 8.97. The molecular weight excluding hydrogens is 240 g/mol. The van der Waals surface area contributed by atoms with E-state index in [4.69, 9.17) is 5.26 Å². The van der Waals surface area contributed by atoms with Crippen LogP contribution in [0, 0.1) is 11.3 Å². The number of benzene rings is 1. The van der Waals surface area contributed by atoms with Gasteiger partial charge in [-0.15, -0.1) is 0 Å². The maximum absolute atomic E-state index is 8.97. The van der Waals surface area contributed by atoms with E-state index in [9.17, 15) is 0 Å². The molecule has 1 aromatic carbocycles. The quantitative estimate of drug-likeness (QED) is 0.767. The van der Waals surface area contributed by atoms with E-state index in [0.29, 0.717) is 6.04 Å². The van der Waals surface area contributed by atoms with Crippen molar-refractivity contribution in [1.29, 1.82) is 5.26 Å². The van der Waals surface area contributed by atoms with Crippen molar-refractivity contribution in [1.82, 2.24) is 0 Å². The monoisotopic (exact) mass is 250 g/mol. The van der Waals surface area contributed by atoms with Gasteiger partial charge in [0.25, 0.3) is 0 Å². The van der Waals surface area contributed by atoms with Crippen LogP contribution in [0.15, 0.2) is 22.7 Å². The van der Waals surface area contributed by atoms with Gasteiger partial charge in [-0.3, -0.25) is 0 Å². The molecule has 1 fully saturated rings. The van der Waals surface area contributed by atoms with Crippen LogP contribution in [0.1, 0.15) is 18.9 Å². The molecule has 1 unspecified atom stereocenters. The van der Waals surface area contributed by atoms with E-state index in [1.165, 1.54) is 6.42 Å². The van der Waals surface area contributed by atoms with Crippen LogP contribution < -0.4 is 4.90 Å². The van der Waals surface area contributed by atoms with E-state index in [2.05, 4.69) is 33.8 Å². The number of halogens is 1. The molecular formula is C11H11BrN2. The minimum absolute atomic E-state index is 0.566. The lowest BCUT2D eigenvalue weighted by Crippen LogP contribution is -2.46. The summed E-state index contributed by atoms with van der Waals surface area (Å²) in [6, 6.07) is 8.59. The Labute approximate surface area is 92.3 Å². The zero-order valence-electron chi connectivity index (χ0n) is 8.00. The molecule has 2 nitrogen and oxygen atoms in total. The summed E-state index contributed by atoms with van der Waals surface area (Å²) in [7, 11) is 0. The second-order valence-corrected chi connectivity index (χ2v) is 4.52. The number of nitriles is 1. The summed E-state index contributed by atoms with van der Waals surface area (Å²) in [5.41, 5.74) is 1.82. The predicted molar refractivity (Wildman–Crippen MR) is 60.3 cm³/mol. The van der Waals surface area contributed by atoms with Gasteiger partial charge in [0.1, 0.15) is 6.07 Å². The first-order valence-electron chi connectivity index (χ1n) is 4.68. The van der Waals surface area contributed by atoms with Crippen LogP contribution >= 0.6 is 15.9 Å². The van der Waals surface area contributed by atoms with E-state index in [1.807, 2.05) is 18.2 Å². The Kier molecular flexibility index (Phi) is 2.47. The normalized spacial score (nSPS) is 20.1. The number of hydrogen-bond acceptors (Lipinski definition) is 2. The predicted octanol–water partition coefficient (Wildman–Crippen LogP) is 2.92. The molecule has 1 aliphatic rings. The van der Waals surface area contributed by atoms with Crippen LogP contribution in [-0.2, 0) is 0 Å². The minimum atomic E-state index is 0.566. The average molecular weight is 251 g/mol. The SMILES string of the molecule is CC1CCN1c1cc(Br)ccc1C#N. The molecule has 0 bridgehead atoms. The average Bonchev–Trinajstić information content (AvgIpc) is 2.16. The minimum Gasteiger partial charge on any atom is -0.368 e. The fourth-order valence-corrected chi connectivity index (χ4v) is 2.06. The second kappa shape index (κ2) is 3.62. The maximum Gasteiger partial charge on any atom is 0.101 e. The summed E-state index contributed by atoms with van der Waals surface area (Å²) in [6.45, 7) is 3.25. The van der Waals surface area contributed by atoms with Gasteiger partial charge >= 0.3 is 0 Å². The van der Waals surface area contributed by atoms with Crippen molar-refractivity contribution < 1.29 is 0 Å². The first-order valence-corrected chi connectivity index (χ1v) is 5.48. The van der Waals surface area contributed by atoms with Crippen molar-refractivity contribution in [2.75, 3.05) is 11.4 Å². The summed E-state index contributed by atoms with van der Waals surface area (Å²) in [4.78, 5) is 2.27. The van der Waals surface area contributed by atoms with Crippen LogP contribution in [0.3, 0.4) is 0 Å². The Bertz CT molecular complexity index is 395. The van der Waals surface area contributed by atoms with Gasteiger partial charge in [-0.05, 0) is 31.5 Å². The van der Waals surface area contributed by atoms with Crippen LogP contribution in [0.2, 0.25) is 0 Å². The molecule has 0 aliphatic carbocycles. The van der Waals surface area contributed by atoms with Gasteiger partial charge < -0.3 is 4.90 Å². The Balaban J connectivity index is 2.40. The van der Waals surface area contributed by atoms with Gasteiger partial charge in [-0.1, -0.05) is 15.9 Å². The lowest BCUT2D eigenvalue weighted by molar-refractivity contribution is 0.481. The van der Waals surface area contributed by atoms with Crippen molar-refractivity contribution >= 4 is 21.6 Å². The van der Waals surface area contributed by atoms with Crippen molar-refractivity contribution in [3.63, 3.8) is 0 Å². The van der Waals surface area contributed by atoms with Gasteiger partial charge in [-0.25, -0.2) is 0 Å². The molecule has 1 atom stereocenters. The molecule has 0 radical (unpaired) electrons. The molecule has 0 N–H and O–H groups in total. The van der Waals surface area contributed by atoms with Gasteiger partial charge in [0.05, 0.1) is 11.3 Å². The fraction of sp³-hybridized carbons (Fsp3) is 0.364. The molecule has 0 aromatic heterocycles. The molecule has 14 heavy (non-hydrogen) atoms. The van der Waals surface area contributed by atoms with E-state index in [1.54, 1.807) is 0 Å². The third kappa shape index (κ3) is 1.51. The summed E-state index contributed by atoms with van der Waals surface area (Å²) < 4.78 is 1.03. The van der Waals surface area contributed by atoms with E-state index in [0.717, 1.165) is 22.3 Å². The molecule has 0 saturated carbocycles. The molecule has 3 heteroatoms. The first-order chi connectivity index (χ1) is 6.72. The largest absolute Gasteiger partial charge is 0.368 e. The van der Waals surface area contributed by atoms with E-state index < -0.39 is 0 Å². The molecule has 0 amide bonds. The van der Waals surface area contributed by atoms with Gasteiger partial charge in [0.2, 0.25) is 0 Å². The highest BCUT2D eigenvalue weighted by Crippen LogP contribution is 2.31. The lowest BCUT2D eigenvalue weighted by Gasteiger charge is -2.41. The van der Waals surface area contributed by atoms with Crippen LogP contribution in [0.5, 0.6) is 0 Å². The third-order valence-electron chi connectivity index (χ3n) is 2.71. The van der Waals surface area contributed by atoms with Crippen LogP contribution in [0.25, 0.3) is 0 Å². The van der Waals surface area contributed by atoms with Crippen LogP contribution in [-0.4, -0.2) is 12.6 Å². The van der Waals surface area contributed by atoms with Crippen molar-refractivity contribution in [3.05, 3.63) is 28.2 Å². The number of hydrogen-bond donors (Lipinski definition) is 0. The van der Waals surface area contributed by atoms with Gasteiger partial charge in [0, 0.05) is 17.1 Å². The molecule has 1 heterocycles. The lowest BCUT2D eigenvalue weighted by atomic mass is 10.0. The highest BCUT2D eigenvalue weighted by atomic mass is 79.9. The van der Waals surface area contributed by atoms with Crippen molar-refractivity contribution in [2.45, 2.75) is 19.4 Å². The molecule has 1 aromatic rings. The third-order valence-corrected chi connectivity index (χ3v) is 3.20. The zero-order chi connectivity index (χ0) is 10.1. The van der Waals surface area contributed by atoms with E-state index >= 15 is 0 Å². The molecule has 2 rings (SSSR count). The highest BCUT2D eigenvalue weighted by molar-refractivity contribution is 9.10. The number of rotatable bonds is 1. The fourth-order valence-electron chi connectivity index (χ4n) is 1.71. The van der Waals surface area contributed by atoms with Crippen molar-refractivity contribution in [3.8, 4) is 6.07 Å². The smallest absolute Gasteiger partial charge is 0.101 e. The summed E-state index contributed by atoms with van der Waals surface area (Å²) in [5.74, 6) is 0. The Morgan fingerprint density at radius 3 is 2.86 bits per heavy atom. The molecule has 1 aliphatic heterocycles. The summed E-state index contributed by atoms with van der Waals surface area (Å²) in [6.07, 6.45) is 1.22. The standard InChI is InChI=1S/C11H11BrN2/c1-8-4-5-14(8)11-6-10(12)3-2-9(11)7-13/h2-3,6,8H,4-5H2,1H3. The first kappa shape index (κ1) is 9.54. The molecule has 72 valence electrons. The van der Waals surface area contributed by atoms with E-state index in [-0.39, 0.29) is 0 Å². The second-order valence-electron chi connectivity index (χ2n) is 3.60. The van der Waals surface area contributed by atoms with Crippen LogP contribution in [0.4, 0.5) is 5.69 Å².